The number of hydrogen-bond donors (Lipinski definition) is 1. The van der Waals surface area contributed by atoms with Crippen LogP contribution in [0.4, 0.5) is 0 Å². The van der Waals surface area contributed by atoms with Gasteiger partial charge < -0.3 is 0 Å². The molecule has 0 aliphatic carbocycles. The van der Waals surface area contributed by atoms with Gasteiger partial charge in [0.15, 0.2) is 0 Å². The van der Waals surface area contributed by atoms with E-state index in [1.165, 1.54) is 5.56 Å². The van der Waals surface area contributed by atoms with Crippen molar-refractivity contribution in [3.8, 4) is 0 Å². The summed E-state index contributed by atoms with van der Waals surface area (Å²) in [6, 6.07) is 8.04. The highest BCUT2D eigenvalue weighted by Crippen LogP contribution is 2.14. The number of benzene rings is 1. The van der Waals surface area contributed by atoms with E-state index in [-0.39, 0.29) is 6.61 Å². The standard InChI is InChI=1S/C10H14O2/c1-8(2)10-5-3-9(4-6-10)7-12-11/h3-6,8,11H,7H2,1-2H3. The normalized spacial score (nSPS) is 10.7. The summed E-state index contributed by atoms with van der Waals surface area (Å²) in [6.45, 7) is 4.56. The van der Waals surface area contributed by atoms with E-state index in [4.69, 9.17) is 5.26 Å². The molecule has 0 heterocycles. The predicted molar refractivity (Wildman–Crippen MR) is 47.9 cm³/mol. The molecule has 12 heavy (non-hydrogen) atoms. The molecule has 0 aliphatic heterocycles. The Kier molecular flexibility index (Phi) is 3.26. The first-order chi connectivity index (χ1) is 5.74. The van der Waals surface area contributed by atoms with Crippen LogP contribution in [0.3, 0.4) is 0 Å². The molecular weight excluding hydrogens is 152 g/mol. The van der Waals surface area contributed by atoms with Crippen LogP contribution in [0.5, 0.6) is 0 Å². The Hall–Kier alpha value is -0.860. The molecule has 2 nitrogen and oxygen atoms in total. The van der Waals surface area contributed by atoms with Crippen LogP contribution in [0.1, 0.15) is 30.9 Å². The second kappa shape index (κ2) is 4.24. The molecule has 1 aromatic rings. The zero-order chi connectivity index (χ0) is 8.97. The zero-order valence-electron chi connectivity index (χ0n) is 7.45. The van der Waals surface area contributed by atoms with Crippen molar-refractivity contribution in [3.05, 3.63) is 35.4 Å². The van der Waals surface area contributed by atoms with Gasteiger partial charge in [-0.25, -0.2) is 4.89 Å². The first-order valence-electron chi connectivity index (χ1n) is 4.09. The molecule has 0 atom stereocenters. The predicted octanol–water partition coefficient (Wildman–Crippen LogP) is 2.80. The van der Waals surface area contributed by atoms with Crippen molar-refractivity contribution in [2.45, 2.75) is 26.4 Å². The molecular formula is C10H14O2. The molecule has 2 heteroatoms. The van der Waals surface area contributed by atoms with Crippen LogP contribution in [0, 0.1) is 0 Å². The maximum atomic E-state index is 8.20. The molecule has 66 valence electrons. The third-order valence-electron chi connectivity index (χ3n) is 1.88. The molecule has 0 radical (unpaired) electrons. The summed E-state index contributed by atoms with van der Waals surface area (Å²) < 4.78 is 0. The van der Waals surface area contributed by atoms with E-state index >= 15 is 0 Å². The van der Waals surface area contributed by atoms with E-state index < -0.39 is 0 Å². The fourth-order valence-electron chi connectivity index (χ4n) is 1.07. The SMILES string of the molecule is CC(C)c1ccc(COO)cc1. The van der Waals surface area contributed by atoms with E-state index in [1.807, 2.05) is 12.1 Å². The molecule has 0 bridgehead atoms. The summed E-state index contributed by atoms with van der Waals surface area (Å²) in [5.41, 5.74) is 2.29. The molecule has 0 unspecified atom stereocenters. The fourth-order valence-corrected chi connectivity index (χ4v) is 1.07. The van der Waals surface area contributed by atoms with Gasteiger partial charge >= 0.3 is 0 Å². The summed E-state index contributed by atoms with van der Waals surface area (Å²) in [6.07, 6.45) is 0. The second-order valence-corrected chi connectivity index (χ2v) is 3.17. The van der Waals surface area contributed by atoms with Crippen LogP contribution in [0.15, 0.2) is 24.3 Å². The van der Waals surface area contributed by atoms with Crippen molar-refractivity contribution in [2.75, 3.05) is 0 Å². The molecule has 0 spiro atoms. The van der Waals surface area contributed by atoms with Crippen molar-refractivity contribution in [1.29, 1.82) is 0 Å². The van der Waals surface area contributed by atoms with E-state index in [0.717, 1.165) is 5.56 Å². The quantitative estimate of drug-likeness (QED) is 0.552. The molecule has 1 aromatic carbocycles. The smallest absolute Gasteiger partial charge is 0.107 e. The number of hydrogen-bond acceptors (Lipinski definition) is 2. The van der Waals surface area contributed by atoms with E-state index in [0.29, 0.717) is 5.92 Å². The highest BCUT2D eigenvalue weighted by molar-refractivity contribution is 5.24. The molecule has 0 saturated carbocycles. The maximum absolute atomic E-state index is 8.20. The lowest BCUT2D eigenvalue weighted by Gasteiger charge is -2.05. The Bertz CT molecular complexity index is 226. The van der Waals surface area contributed by atoms with Gasteiger partial charge in [-0.05, 0) is 17.0 Å². The van der Waals surface area contributed by atoms with Crippen LogP contribution in [0.25, 0.3) is 0 Å². The third kappa shape index (κ3) is 2.32. The van der Waals surface area contributed by atoms with E-state index in [2.05, 4.69) is 30.9 Å². The largest absolute Gasteiger partial charge is 0.251 e. The van der Waals surface area contributed by atoms with Gasteiger partial charge in [0.25, 0.3) is 0 Å². The minimum Gasteiger partial charge on any atom is -0.251 e. The summed E-state index contributed by atoms with van der Waals surface area (Å²) in [5, 5.41) is 8.20. The van der Waals surface area contributed by atoms with Gasteiger partial charge in [-0.1, -0.05) is 38.1 Å². The Morgan fingerprint density at radius 1 is 1.25 bits per heavy atom. The minimum absolute atomic E-state index is 0.262. The highest BCUT2D eigenvalue weighted by atomic mass is 17.1. The first-order valence-corrected chi connectivity index (χ1v) is 4.09. The van der Waals surface area contributed by atoms with Crippen molar-refractivity contribution in [3.63, 3.8) is 0 Å². The number of rotatable bonds is 3. The van der Waals surface area contributed by atoms with Gasteiger partial charge in [0.05, 0.1) is 0 Å². The summed E-state index contributed by atoms with van der Waals surface area (Å²) >= 11 is 0. The average Bonchev–Trinajstić information content (AvgIpc) is 2.06. The minimum atomic E-state index is 0.262. The molecule has 0 aliphatic rings. The van der Waals surface area contributed by atoms with E-state index in [1.54, 1.807) is 0 Å². The van der Waals surface area contributed by atoms with Gasteiger partial charge in [-0.2, -0.15) is 0 Å². The summed E-state index contributed by atoms with van der Waals surface area (Å²) in [4.78, 5) is 4.03. The zero-order valence-corrected chi connectivity index (χ0v) is 7.45. The lowest BCUT2D eigenvalue weighted by molar-refractivity contribution is -0.253. The van der Waals surface area contributed by atoms with Crippen molar-refractivity contribution >= 4 is 0 Å². The van der Waals surface area contributed by atoms with Crippen molar-refractivity contribution < 1.29 is 10.1 Å². The Labute approximate surface area is 72.7 Å². The summed E-state index contributed by atoms with van der Waals surface area (Å²) in [7, 11) is 0. The Balaban J connectivity index is 2.71. The van der Waals surface area contributed by atoms with Crippen LogP contribution < -0.4 is 0 Å². The molecule has 0 saturated heterocycles. The molecule has 0 amide bonds. The van der Waals surface area contributed by atoms with Gasteiger partial charge in [0, 0.05) is 0 Å². The molecule has 0 aromatic heterocycles. The summed E-state index contributed by atoms with van der Waals surface area (Å²) in [5.74, 6) is 0.550. The average molecular weight is 166 g/mol. The van der Waals surface area contributed by atoms with Gasteiger partial charge in [0.2, 0.25) is 0 Å². The second-order valence-electron chi connectivity index (χ2n) is 3.17. The lowest BCUT2D eigenvalue weighted by Crippen LogP contribution is -1.90. The third-order valence-corrected chi connectivity index (χ3v) is 1.88. The van der Waals surface area contributed by atoms with Crippen LogP contribution >= 0.6 is 0 Å². The maximum Gasteiger partial charge on any atom is 0.107 e. The lowest BCUT2D eigenvalue weighted by atomic mass is 10.0. The van der Waals surface area contributed by atoms with E-state index in [9.17, 15) is 0 Å². The van der Waals surface area contributed by atoms with Gasteiger partial charge in [0.1, 0.15) is 6.61 Å². The van der Waals surface area contributed by atoms with Crippen LogP contribution in [-0.2, 0) is 11.5 Å². The molecule has 0 fully saturated rings. The highest BCUT2D eigenvalue weighted by Gasteiger charge is 1.98. The fraction of sp³-hybridized carbons (Fsp3) is 0.400. The topological polar surface area (TPSA) is 29.5 Å². The van der Waals surface area contributed by atoms with Crippen LogP contribution in [-0.4, -0.2) is 5.26 Å². The molecule has 1 N–H and O–H groups in total. The van der Waals surface area contributed by atoms with Gasteiger partial charge in [-0.15, -0.1) is 0 Å². The Morgan fingerprint density at radius 3 is 2.25 bits per heavy atom. The van der Waals surface area contributed by atoms with Crippen molar-refractivity contribution in [2.24, 2.45) is 0 Å². The van der Waals surface area contributed by atoms with Gasteiger partial charge in [-0.3, -0.25) is 5.26 Å². The molecule has 1 rings (SSSR count). The first kappa shape index (κ1) is 9.23. The van der Waals surface area contributed by atoms with Crippen LogP contribution in [0.2, 0.25) is 0 Å². The Morgan fingerprint density at radius 2 is 1.83 bits per heavy atom. The van der Waals surface area contributed by atoms with Crippen molar-refractivity contribution in [1.82, 2.24) is 0 Å². The monoisotopic (exact) mass is 166 g/mol.